The zero-order valence-corrected chi connectivity index (χ0v) is 18.2. The molecule has 0 spiro atoms. The van der Waals surface area contributed by atoms with E-state index in [1.165, 1.54) is 36.4 Å². The molecule has 0 bridgehead atoms. The summed E-state index contributed by atoms with van der Waals surface area (Å²) in [6.07, 6.45) is -0.282. The number of benzene rings is 3. The Hall–Kier alpha value is -4.06. The highest BCUT2D eigenvalue weighted by Gasteiger charge is 2.17. The van der Waals surface area contributed by atoms with E-state index < -0.39 is 18.9 Å². The fourth-order valence-corrected chi connectivity index (χ4v) is 3.83. The fourth-order valence-electron chi connectivity index (χ4n) is 3.83. The van der Waals surface area contributed by atoms with E-state index in [9.17, 15) is 14.0 Å². The standard InChI is InChI=1S/C28H22FNO4/c1-17-2-4-19-14-20(5-8-24(19)30-17)26(32)15-22-12-18(3-7-23(22)29)13-25(31)21-6-9-27-28(16-21)34-11-10-33-27/h2-9,12,14,16H,10-11,13,15H2,1H3/i10D2,11D2. The van der Waals surface area contributed by atoms with Crippen molar-refractivity contribution in [2.45, 2.75) is 19.8 Å². The van der Waals surface area contributed by atoms with Crippen LogP contribution in [-0.4, -0.2) is 29.7 Å². The van der Waals surface area contributed by atoms with Gasteiger partial charge in [-0.15, -0.1) is 0 Å². The van der Waals surface area contributed by atoms with Crippen molar-refractivity contribution in [1.29, 1.82) is 0 Å². The normalized spacial score (nSPS) is 17.2. The third-order valence-corrected chi connectivity index (χ3v) is 5.61. The van der Waals surface area contributed by atoms with Crippen molar-refractivity contribution < 1.29 is 28.9 Å². The number of nitrogens with zero attached hydrogens (tertiary/aromatic N) is 1. The maximum absolute atomic E-state index is 14.6. The highest BCUT2D eigenvalue weighted by molar-refractivity contribution is 6.01. The molecule has 4 aromatic rings. The van der Waals surface area contributed by atoms with Crippen molar-refractivity contribution in [3.63, 3.8) is 0 Å². The average Bonchev–Trinajstić information content (AvgIpc) is 2.85. The molecule has 0 atom stereocenters. The number of pyridine rings is 1. The van der Waals surface area contributed by atoms with Gasteiger partial charge in [-0.05, 0) is 66.6 Å². The first-order valence-electron chi connectivity index (χ1n) is 12.6. The van der Waals surface area contributed by atoms with Crippen molar-refractivity contribution >= 4 is 22.5 Å². The lowest BCUT2D eigenvalue weighted by molar-refractivity contribution is 0.0985. The van der Waals surface area contributed by atoms with Gasteiger partial charge < -0.3 is 9.47 Å². The molecule has 170 valence electrons. The number of fused-ring (bicyclic) bond motifs is 2. The number of ketones is 2. The number of hydrogen-bond acceptors (Lipinski definition) is 5. The number of aryl methyl sites for hydroxylation is 1. The lowest BCUT2D eigenvalue weighted by Crippen LogP contribution is -2.16. The second-order valence-electron chi connectivity index (χ2n) is 8.06. The van der Waals surface area contributed by atoms with Crippen LogP contribution in [0.3, 0.4) is 0 Å². The third kappa shape index (κ3) is 4.53. The average molecular weight is 460 g/mol. The lowest BCUT2D eigenvalue weighted by atomic mass is 9.97. The Balaban J connectivity index is 1.33. The van der Waals surface area contributed by atoms with Gasteiger partial charge in [-0.3, -0.25) is 14.6 Å². The highest BCUT2D eigenvalue weighted by Crippen LogP contribution is 2.31. The Bertz CT molecular complexity index is 1610. The summed E-state index contributed by atoms with van der Waals surface area (Å²) in [4.78, 5) is 30.3. The van der Waals surface area contributed by atoms with E-state index in [1.54, 1.807) is 18.2 Å². The zero-order chi connectivity index (χ0) is 27.2. The first-order valence-corrected chi connectivity index (χ1v) is 10.6. The molecule has 0 aliphatic carbocycles. The minimum atomic E-state index is -2.75. The van der Waals surface area contributed by atoms with E-state index in [2.05, 4.69) is 4.98 Å². The summed E-state index contributed by atoms with van der Waals surface area (Å²) in [6, 6.07) is 17.1. The Morgan fingerprint density at radius 1 is 0.882 bits per heavy atom. The van der Waals surface area contributed by atoms with Gasteiger partial charge in [0.2, 0.25) is 0 Å². The van der Waals surface area contributed by atoms with Crippen molar-refractivity contribution in [2.75, 3.05) is 13.1 Å². The molecule has 34 heavy (non-hydrogen) atoms. The van der Waals surface area contributed by atoms with E-state index in [4.69, 9.17) is 15.0 Å². The summed E-state index contributed by atoms with van der Waals surface area (Å²) >= 11 is 0. The quantitative estimate of drug-likeness (QED) is 0.366. The van der Waals surface area contributed by atoms with Crippen LogP contribution in [0.1, 0.15) is 43.0 Å². The van der Waals surface area contributed by atoms with Crippen LogP contribution in [0.5, 0.6) is 11.5 Å². The predicted molar refractivity (Wildman–Crippen MR) is 126 cm³/mol. The van der Waals surface area contributed by atoms with Crippen molar-refractivity contribution in [3.05, 3.63) is 100 Å². The molecule has 0 N–H and O–H groups in total. The number of rotatable bonds is 6. The fraction of sp³-hybridized carbons (Fsp3) is 0.179. The molecule has 0 saturated carbocycles. The largest absolute Gasteiger partial charge is 0.486 e. The monoisotopic (exact) mass is 459 g/mol. The minimum Gasteiger partial charge on any atom is -0.486 e. The molecule has 0 unspecified atom stereocenters. The Morgan fingerprint density at radius 3 is 2.47 bits per heavy atom. The topological polar surface area (TPSA) is 65.5 Å². The molecular weight excluding hydrogens is 433 g/mol. The molecule has 0 fully saturated rings. The molecular formula is C28H22FNO4. The Morgan fingerprint density at radius 2 is 1.62 bits per heavy atom. The predicted octanol–water partition coefficient (Wildman–Crippen LogP) is 5.30. The van der Waals surface area contributed by atoms with Gasteiger partial charge in [-0.1, -0.05) is 18.2 Å². The van der Waals surface area contributed by atoms with E-state index in [0.29, 0.717) is 11.1 Å². The molecule has 6 heteroatoms. The summed E-state index contributed by atoms with van der Waals surface area (Å²) in [5.74, 6) is -1.29. The lowest BCUT2D eigenvalue weighted by Gasteiger charge is -2.18. The van der Waals surface area contributed by atoms with Crippen LogP contribution in [-0.2, 0) is 12.8 Å². The molecule has 1 aromatic heterocycles. The van der Waals surface area contributed by atoms with Crippen LogP contribution < -0.4 is 9.47 Å². The molecule has 0 amide bonds. The third-order valence-electron chi connectivity index (χ3n) is 5.61. The molecule has 1 aliphatic rings. The van der Waals surface area contributed by atoms with Gasteiger partial charge in [0.25, 0.3) is 0 Å². The van der Waals surface area contributed by atoms with Gasteiger partial charge >= 0.3 is 0 Å². The van der Waals surface area contributed by atoms with E-state index in [-0.39, 0.29) is 47.0 Å². The highest BCUT2D eigenvalue weighted by atomic mass is 19.1. The van der Waals surface area contributed by atoms with E-state index in [0.717, 1.165) is 16.6 Å². The summed E-state index contributed by atoms with van der Waals surface area (Å²) in [5, 5.41) is 0.810. The molecule has 0 saturated heterocycles. The molecule has 5 nitrogen and oxygen atoms in total. The molecule has 1 aliphatic heterocycles. The van der Waals surface area contributed by atoms with Crippen LogP contribution in [0, 0.1) is 12.7 Å². The second-order valence-corrected chi connectivity index (χ2v) is 8.06. The first-order chi connectivity index (χ1) is 17.9. The van der Waals surface area contributed by atoms with Crippen LogP contribution in [0.2, 0.25) is 0 Å². The summed E-state index contributed by atoms with van der Waals surface area (Å²) in [5.41, 5.74) is 2.92. The van der Waals surface area contributed by atoms with E-state index >= 15 is 0 Å². The van der Waals surface area contributed by atoms with E-state index in [1.807, 2.05) is 19.1 Å². The van der Waals surface area contributed by atoms with Crippen molar-refractivity contribution in [1.82, 2.24) is 4.98 Å². The maximum atomic E-state index is 14.6. The van der Waals surface area contributed by atoms with Gasteiger partial charge in [0.15, 0.2) is 23.1 Å². The van der Waals surface area contributed by atoms with Gasteiger partial charge in [-0.2, -0.15) is 0 Å². The summed E-state index contributed by atoms with van der Waals surface area (Å²) in [7, 11) is 0. The van der Waals surface area contributed by atoms with Crippen molar-refractivity contribution in [2.24, 2.45) is 0 Å². The number of carbonyl (C=O) groups is 2. The van der Waals surface area contributed by atoms with Crippen LogP contribution in [0.15, 0.2) is 66.7 Å². The molecule has 0 radical (unpaired) electrons. The number of halogens is 1. The zero-order valence-electron chi connectivity index (χ0n) is 22.2. The van der Waals surface area contributed by atoms with Gasteiger partial charge in [0.1, 0.15) is 18.9 Å². The van der Waals surface area contributed by atoms with Gasteiger partial charge in [0.05, 0.1) is 11.0 Å². The maximum Gasteiger partial charge on any atom is 0.167 e. The Kier molecular flexibility index (Phi) is 4.64. The van der Waals surface area contributed by atoms with Gasteiger partial charge in [0, 0.05) is 35.0 Å². The van der Waals surface area contributed by atoms with Gasteiger partial charge in [-0.25, -0.2) is 4.39 Å². The second kappa shape index (κ2) is 9.06. The molecule has 2 heterocycles. The first kappa shape index (κ1) is 17.4. The Labute approximate surface area is 201 Å². The summed E-state index contributed by atoms with van der Waals surface area (Å²) in [6.45, 7) is -3.57. The SMILES string of the molecule is [2H]C1([2H])Oc2ccc(C(=O)Cc3ccc(F)c(CC(=O)c4ccc5nc(C)ccc5c4)c3)cc2OC1([2H])[2H]. The van der Waals surface area contributed by atoms with Crippen LogP contribution in [0.25, 0.3) is 10.9 Å². The number of ether oxygens (including phenoxy) is 2. The summed E-state index contributed by atoms with van der Waals surface area (Å²) < 4.78 is 55.5. The smallest absolute Gasteiger partial charge is 0.167 e. The van der Waals surface area contributed by atoms with Crippen molar-refractivity contribution in [3.8, 4) is 11.5 Å². The number of carbonyl (C=O) groups excluding carboxylic acids is 2. The van der Waals surface area contributed by atoms with Crippen LogP contribution in [0.4, 0.5) is 4.39 Å². The molecule has 5 rings (SSSR count). The minimum absolute atomic E-state index is 0.0242. The van der Waals surface area contributed by atoms with Crippen LogP contribution >= 0.6 is 0 Å². The number of hydrogen-bond donors (Lipinski definition) is 0. The molecule has 3 aromatic carbocycles. The number of aromatic nitrogens is 1. The number of Topliss-reactive ketones (excluding diaryl/α,β-unsaturated/α-hetero) is 2.